The van der Waals surface area contributed by atoms with Crippen molar-refractivity contribution in [1.82, 2.24) is 10.2 Å². The zero-order valence-electron chi connectivity index (χ0n) is 15.8. The number of carbonyl (C=O) groups excluding carboxylic acids is 1. The zero-order valence-corrected chi connectivity index (χ0v) is 16.6. The lowest BCUT2D eigenvalue weighted by molar-refractivity contribution is -0.125. The molecule has 0 aromatic heterocycles. The molecule has 2 aromatic carbocycles. The molecule has 0 aliphatic heterocycles. The highest BCUT2D eigenvalue weighted by molar-refractivity contribution is 6.30. The van der Waals surface area contributed by atoms with Gasteiger partial charge in [0.1, 0.15) is 5.75 Å². The lowest BCUT2D eigenvalue weighted by Crippen LogP contribution is -2.43. The van der Waals surface area contributed by atoms with Gasteiger partial charge in [0.25, 0.3) is 0 Å². The van der Waals surface area contributed by atoms with Crippen LogP contribution in [0.4, 0.5) is 0 Å². The molecule has 1 amide bonds. The van der Waals surface area contributed by atoms with Gasteiger partial charge in [0, 0.05) is 23.7 Å². The fourth-order valence-corrected chi connectivity index (χ4v) is 2.97. The quantitative estimate of drug-likeness (QED) is 0.756. The van der Waals surface area contributed by atoms with Crippen molar-refractivity contribution in [2.75, 3.05) is 20.7 Å². The molecule has 0 bridgehead atoms. The van der Waals surface area contributed by atoms with Crippen LogP contribution in [0.3, 0.4) is 0 Å². The minimum atomic E-state index is -0.262. The maximum atomic E-state index is 12.5. The van der Waals surface area contributed by atoms with E-state index in [1.807, 2.05) is 49.2 Å². The molecule has 4 nitrogen and oxygen atoms in total. The second kappa shape index (κ2) is 9.60. The van der Waals surface area contributed by atoms with Gasteiger partial charge in [-0.05, 0) is 43.7 Å². The van der Waals surface area contributed by atoms with Crippen molar-refractivity contribution in [2.24, 2.45) is 0 Å². The van der Waals surface area contributed by atoms with E-state index in [0.717, 1.165) is 11.3 Å². The molecule has 0 fully saturated rings. The average Bonchev–Trinajstić information content (AvgIpc) is 2.66. The number of likely N-dealkylation sites (N-methyl/N-ethyl adjacent to an activating group) is 1. The standard InChI is InChI=1S/C21H27ClN2O2/c1-15(17-8-6-5-7-9-17)13-23-21(25)16(2)24(3)14-18-12-19(22)10-11-20(18)26-4/h5-12,15-16H,13-14H2,1-4H3,(H,23,25). The topological polar surface area (TPSA) is 41.6 Å². The molecule has 0 heterocycles. The minimum Gasteiger partial charge on any atom is -0.496 e. The van der Waals surface area contributed by atoms with Gasteiger partial charge in [-0.3, -0.25) is 9.69 Å². The summed E-state index contributed by atoms with van der Waals surface area (Å²) in [5.41, 5.74) is 2.18. The fourth-order valence-electron chi connectivity index (χ4n) is 2.78. The molecule has 2 unspecified atom stereocenters. The molecule has 140 valence electrons. The number of halogens is 1. The fraction of sp³-hybridized carbons (Fsp3) is 0.381. The van der Waals surface area contributed by atoms with Crippen LogP contribution in [-0.4, -0.2) is 37.6 Å². The molecule has 0 radical (unpaired) electrons. The van der Waals surface area contributed by atoms with Crippen LogP contribution >= 0.6 is 11.6 Å². The first kappa shape index (κ1) is 20.3. The third-order valence-electron chi connectivity index (χ3n) is 4.65. The van der Waals surface area contributed by atoms with E-state index in [-0.39, 0.29) is 17.9 Å². The number of rotatable bonds is 8. The molecule has 0 saturated heterocycles. The highest BCUT2D eigenvalue weighted by Crippen LogP contribution is 2.24. The predicted octanol–water partition coefficient (Wildman–Crippen LogP) is 4.09. The van der Waals surface area contributed by atoms with Gasteiger partial charge in [-0.25, -0.2) is 0 Å². The van der Waals surface area contributed by atoms with Crippen LogP contribution in [0.15, 0.2) is 48.5 Å². The largest absolute Gasteiger partial charge is 0.496 e. The second-order valence-corrected chi connectivity index (χ2v) is 7.04. The van der Waals surface area contributed by atoms with Crippen molar-refractivity contribution in [1.29, 1.82) is 0 Å². The summed E-state index contributed by atoms with van der Waals surface area (Å²) >= 11 is 6.09. The molecule has 2 rings (SSSR count). The van der Waals surface area contributed by atoms with Crippen LogP contribution in [0, 0.1) is 0 Å². The van der Waals surface area contributed by atoms with E-state index in [0.29, 0.717) is 18.1 Å². The summed E-state index contributed by atoms with van der Waals surface area (Å²) in [4.78, 5) is 14.5. The number of methoxy groups -OCH3 is 1. The van der Waals surface area contributed by atoms with Crippen molar-refractivity contribution in [3.05, 3.63) is 64.7 Å². The molecule has 0 aliphatic rings. The Morgan fingerprint density at radius 1 is 1.19 bits per heavy atom. The normalized spacial score (nSPS) is 13.3. The second-order valence-electron chi connectivity index (χ2n) is 6.60. The third-order valence-corrected chi connectivity index (χ3v) is 4.89. The van der Waals surface area contributed by atoms with Crippen LogP contribution < -0.4 is 10.1 Å². The van der Waals surface area contributed by atoms with E-state index in [1.54, 1.807) is 13.2 Å². The van der Waals surface area contributed by atoms with Crippen molar-refractivity contribution >= 4 is 17.5 Å². The zero-order chi connectivity index (χ0) is 19.1. The molecule has 2 aromatic rings. The van der Waals surface area contributed by atoms with Crippen LogP contribution in [0.25, 0.3) is 0 Å². The first-order valence-corrected chi connectivity index (χ1v) is 9.15. The Morgan fingerprint density at radius 2 is 1.88 bits per heavy atom. The molecule has 1 N–H and O–H groups in total. The molecular weight excluding hydrogens is 348 g/mol. The molecular formula is C21H27ClN2O2. The van der Waals surface area contributed by atoms with Gasteiger partial charge in [-0.1, -0.05) is 48.9 Å². The molecule has 0 aliphatic carbocycles. The van der Waals surface area contributed by atoms with Gasteiger partial charge in [-0.15, -0.1) is 0 Å². The van der Waals surface area contributed by atoms with Crippen molar-refractivity contribution in [3.8, 4) is 5.75 Å². The molecule has 26 heavy (non-hydrogen) atoms. The van der Waals surface area contributed by atoms with E-state index in [2.05, 4.69) is 24.4 Å². The van der Waals surface area contributed by atoms with Gasteiger partial charge in [0.2, 0.25) is 5.91 Å². The summed E-state index contributed by atoms with van der Waals surface area (Å²) in [6, 6.07) is 15.4. The number of hydrogen-bond acceptors (Lipinski definition) is 3. The average molecular weight is 375 g/mol. The Labute approximate surface area is 161 Å². The van der Waals surface area contributed by atoms with E-state index in [1.165, 1.54) is 5.56 Å². The van der Waals surface area contributed by atoms with Crippen LogP contribution in [-0.2, 0) is 11.3 Å². The summed E-state index contributed by atoms with van der Waals surface area (Å²) in [5.74, 6) is 1.05. The Morgan fingerprint density at radius 3 is 2.54 bits per heavy atom. The van der Waals surface area contributed by atoms with Gasteiger partial charge >= 0.3 is 0 Å². The van der Waals surface area contributed by atoms with Gasteiger partial charge in [0.15, 0.2) is 0 Å². The monoisotopic (exact) mass is 374 g/mol. The Kier molecular flexibility index (Phi) is 7.49. The SMILES string of the molecule is COc1ccc(Cl)cc1CN(C)C(C)C(=O)NCC(C)c1ccccc1. The van der Waals surface area contributed by atoms with E-state index < -0.39 is 0 Å². The summed E-state index contributed by atoms with van der Waals surface area (Å²) < 4.78 is 5.38. The summed E-state index contributed by atoms with van der Waals surface area (Å²) in [6.07, 6.45) is 0. The third kappa shape index (κ3) is 5.48. The summed E-state index contributed by atoms with van der Waals surface area (Å²) in [5, 5.41) is 3.70. The number of carbonyl (C=O) groups is 1. The lowest BCUT2D eigenvalue weighted by atomic mass is 10.0. The van der Waals surface area contributed by atoms with Gasteiger partial charge in [0.05, 0.1) is 13.2 Å². The van der Waals surface area contributed by atoms with E-state index >= 15 is 0 Å². The number of nitrogens with one attached hydrogen (secondary N) is 1. The predicted molar refractivity (Wildman–Crippen MR) is 107 cm³/mol. The Balaban J connectivity index is 1.92. The van der Waals surface area contributed by atoms with Gasteiger partial charge in [-0.2, -0.15) is 0 Å². The highest BCUT2D eigenvalue weighted by atomic mass is 35.5. The molecule has 0 saturated carbocycles. The van der Waals surface area contributed by atoms with E-state index in [4.69, 9.17) is 16.3 Å². The van der Waals surface area contributed by atoms with Crippen molar-refractivity contribution < 1.29 is 9.53 Å². The summed E-state index contributed by atoms with van der Waals surface area (Å²) in [6.45, 7) is 5.20. The minimum absolute atomic E-state index is 0.0104. The van der Waals surface area contributed by atoms with Crippen LogP contribution in [0.5, 0.6) is 5.75 Å². The maximum Gasteiger partial charge on any atom is 0.237 e. The molecule has 0 spiro atoms. The molecule has 2 atom stereocenters. The first-order chi connectivity index (χ1) is 12.4. The number of hydrogen-bond donors (Lipinski definition) is 1. The Hall–Kier alpha value is -2.04. The highest BCUT2D eigenvalue weighted by Gasteiger charge is 2.20. The van der Waals surface area contributed by atoms with Crippen molar-refractivity contribution in [2.45, 2.75) is 32.4 Å². The van der Waals surface area contributed by atoms with Crippen LogP contribution in [0.1, 0.15) is 30.9 Å². The Bertz CT molecular complexity index is 721. The van der Waals surface area contributed by atoms with Crippen LogP contribution in [0.2, 0.25) is 5.02 Å². The number of ether oxygens (including phenoxy) is 1. The number of nitrogens with zero attached hydrogens (tertiary/aromatic N) is 1. The smallest absolute Gasteiger partial charge is 0.237 e. The number of benzene rings is 2. The molecule has 5 heteroatoms. The van der Waals surface area contributed by atoms with E-state index in [9.17, 15) is 4.79 Å². The lowest BCUT2D eigenvalue weighted by Gasteiger charge is -2.25. The number of amides is 1. The summed E-state index contributed by atoms with van der Waals surface area (Å²) in [7, 11) is 3.55. The van der Waals surface area contributed by atoms with Gasteiger partial charge < -0.3 is 10.1 Å². The first-order valence-electron chi connectivity index (χ1n) is 8.77. The van der Waals surface area contributed by atoms with Crippen molar-refractivity contribution in [3.63, 3.8) is 0 Å². The maximum absolute atomic E-state index is 12.5.